The van der Waals surface area contributed by atoms with E-state index in [4.69, 9.17) is 10.0 Å². The molecule has 0 spiro atoms. The molecule has 2 atom stereocenters. The molecule has 3 nitrogen and oxygen atoms in total. The van der Waals surface area contributed by atoms with E-state index >= 15 is 0 Å². The molecule has 0 saturated carbocycles. The first-order valence-electron chi connectivity index (χ1n) is 4.29. The van der Waals surface area contributed by atoms with Crippen LogP contribution in [0.5, 0.6) is 0 Å². The zero-order valence-corrected chi connectivity index (χ0v) is 7.54. The summed E-state index contributed by atoms with van der Waals surface area (Å²) in [5.74, 6) is 0.483. The molecule has 3 N–H and O–H groups in total. The zero-order valence-electron chi connectivity index (χ0n) is 7.54. The van der Waals surface area contributed by atoms with Gasteiger partial charge in [-0.1, -0.05) is 20.8 Å². The van der Waals surface area contributed by atoms with Crippen molar-refractivity contribution in [2.75, 3.05) is 6.54 Å². The Morgan fingerprint density at radius 2 is 1.91 bits per heavy atom. The summed E-state index contributed by atoms with van der Waals surface area (Å²) in [6.07, 6.45) is 0.873. The lowest BCUT2D eigenvalue weighted by Gasteiger charge is -2.05. The van der Waals surface area contributed by atoms with Crippen LogP contribution in [0.2, 0.25) is 0 Å². The lowest BCUT2D eigenvalue weighted by Crippen LogP contribution is -2.38. The highest BCUT2D eigenvalue weighted by molar-refractivity contribution is 6.43. The van der Waals surface area contributed by atoms with Crippen molar-refractivity contribution in [1.29, 1.82) is 0 Å². The number of hydrogen-bond acceptors (Lipinski definition) is 3. The Balaban J connectivity index is 0.000000461. The van der Waals surface area contributed by atoms with Crippen LogP contribution in [0.25, 0.3) is 0 Å². The van der Waals surface area contributed by atoms with E-state index in [0.29, 0.717) is 5.92 Å². The van der Waals surface area contributed by atoms with Crippen LogP contribution >= 0.6 is 0 Å². The molecular weight excluding hydrogens is 141 g/mol. The predicted molar refractivity (Wildman–Crippen MR) is 47.1 cm³/mol. The van der Waals surface area contributed by atoms with Gasteiger partial charge in [0.15, 0.2) is 0 Å². The lowest BCUT2D eigenvalue weighted by molar-refractivity contribution is 0.378. The van der Waals surface area contributed by atoms with Crippen LogP contribution in [0.3, 0.4) is 0 Å². The molecule has 1 rings (SSSR count). The Labute approximate surface area is 69.0 Å². The summed E-state index contributed by atoms with van der Waals surface area (Å²) in [7, 11) is -1.19. The molecule has 11 heavy (non-hydrogen) atoms. The largest absolute Gasteiger partial charge is 0.469 e. The summed E-state index contributed by atoms with van der Waals surface area (Å²) < 4.78 is 0. The maximum Gasteiger partial charge on any atom is 0.469 e. The molecule has 1 fully saturated rings. The third-order valence-corrected chi connectivity index (χ3v) is 1.74. The van der Waals surface area contributed by atoms with Gasteiger partial charge in [0, 0.05) is 5.94 Å². The summed E-state index contributed by atoms with van der Waals surface area (Å²) in [4.78, 5) is 0. The van der Waals surface area contributed by atoms with E-state index in [9.17, 15) is 0 Å². The van der Waals surface area contributed by atoms with Gasteiger partial charge >= 0.3 is 7.12 Å². The van der Waals surface area contributed by atoms with Gasteiger partial charge in [-0.25, -0.2) is 0 Å². The summed E-state index contributed by atoms with van der Waals surface area (Å²) in [6, 6.07) is 0. The summed E-state index contributed by atoms with van der Waals surface area (Å²) in [5, 5.41) is 20.3. The van der Waals surface area contributed by atoms with Crippen molar-refractivity contribution in [2.24, 2.45) is 5.92 Å². The van der Waals surface area contributed by atoms with Crippen molar-refractivity contribution in [3.05, 3.63) is 0 Å². The van der Waals surface area contributed by atoms with Crippen molar-refractivity contribution in [3.63, 3.8) is 0 Å². The minimum Gasteiger partial charge on any atom is -0.426 e. The number of nitrogens with one attached hydrogen (secondary N) is 1. The molecule has 1 aliphatic heterocycles. The Hall–Kier alpha value is -0.0551. The summed E-state index contributed by atoms with van der Waals surface area (Å²) in [6.45, 7) is 7.00. The van der Waals surface area contributed by atoms with E-state index in [2.05, 4.69) is 12.2 Å². The molecule has 0 aromatic rings. The molecular formula is C7H18BNO2. The number of rotatable bonds is 1. The monoisotopic (exact) mass is 159 g/mol. The average molecular weight is 159 g/mol. The molecule has 66 valence electrons. The summed E-state index contributed by atoms with van der Waals surface area (Å²) in [5.41, 5.74) is 0. The second-order valence-corrected chi connectivity index (χ2v) is 2.77. The van der Waals surface area contributed by atoms with E-state index in [1.165, 1.54) is 0 Å². The minimum absolute atomic E-state index is 0.0972. The molecule has 0 aromatic carbocycles. The highest BCUT2D eigenvalue weighted by Gasteiger charge is 2.29. The standard InChI is InChI=1S/C5H12BNO2.C2H6/c1-4-2-5(6(8)9)7-3-4;1-2/h4-5,7-9H,2-3H2,1H3;1-2H3/t4-,5?;/m0./s1. The van der Waals surface area contributed by atoms with Crippen molar-refractivity contribution >= 4 is 7.12 Å². The van der Waals surface area contributed by atoms with E-state index < -0.39 is 7.12 Å². The van der Waals surface area contributed by atoms with Crippen LogP contribution in [0.1, 0.15) is 27.2 Å². The fourth-order valence-corrected chi connectivity index (χ4v) is 1.18. The van der Waals surface area contributed by atoms with Crippen LogP contribution in [0.4, 0.5) is 0 Å². The van der Waals surface area contributed by atoms with Crippen LogP contribution < -0.4 is 5.32 Å². The van der Waals surface area contributed by atoms with Gasteiger partial charge in [-0.05, 0) is 18.9 Å². The normalized spacial score (nSPS) is 29.2. The molecule has 0 bridgehead atoms. The quantitative estimate of drug-likeness (QED) is 0.473. The molecule has 1 saturated heterocycles. The number of hydrogen-bond donors (Lipinski definition) is 3. The van der Waals surface area contributed by atoms with E-state index in [1.807, 2.05) is 13.8 Å². The van der Waals surface area contributed by atoms with Gasteiger partial charge in [-0.3, -0.25) is 0 Å². The maximum absolute atomic E-state index is 8.66. The Kier molecular flexibility index (Phi) is 5.55. The maximum atomic E-state index is 8.66. The molecule has 0 aromatic heterocycles. The van der Waals surface area contributed by atoms with Crippen molar-refractivity contribution in [2.45, 2.75) is 33.1 Å². The molecule has 1 heterocycles. The SMILES string of the molecule is CC.C[C@@H]1CNC(B(O)O)C1. The predicted octanol–water partition coefficient (Wildman–Crippen LogP) is 0.0226. The van der Waals surface area contributed by atoms with Gasteiger partial charge in [0.25, 0.3) is 0 Å². The van der Waals surface area contributed by atoms with Gasteiger partial charge < -0.3 is 15.4 Å². The third-order valence-electron chi connectivity index (χ3n) is 1.74. The molecule has 1 aliphatic rings. The van der Waals surface area contributed by atoms with Crippen molar-refractivity contribution in [3.8, 4) is 0 Å². The van der Waals surface area contributed by atoms with Crippen LogP contribution in [0, 0.1) is 5.92 Å². The molecule has 4 heteroatoms. The zero-order chi connectivity index (χ0) is 8.85. The van der Waals surface area contributed by atoms with Gasteiger partial charge in [0.05, 0.1) is 0 Å². The third kappa shape index (κ3) is 3.75. The topological polar surface area (TPSA) is 52.5 Å². The first-order valence-corrected chi connectivity index (χ1v) is 4.29. The van der Waals surface area contributed by atoms with Crippen molar-refractivity contribution < 1.29 is 10.0 Å². The van der Waals surface area contributed by atoms with Crippen LogP contribution in [-0.2, 0) is 0 Å². The highest BCUT2D eigenvalue weighted by Crippen LogP contribution is 2.12. The van der Waals surface area contributed by atoms with Gasteiger partial charge in [-0.15, -0.1) is 0 Å². The molecule has 1 unspecified atom stereocenters. The first kappa shape index (κ1) is 10.9. The summed E-state index contributed by atoms with van der Waals surface area (Å²) >= 11 is 0. The van der Waals surface area contributed by atoms with Gasteiger partial charge in [0.1, 0.15) is 0 Å². The second kappa shape index (κ2) is 5.58. The molecule has 0 aliphatic carbocycles. The fraction of sp³-hybridized carbons (Fsp3) is 1.00. The Bertz CT molecular complexity index is 100. The second-order valence-electron chi connectivity index (χ2n) is 2.77. The molecule has 0 amide bonds. The fourth-order valence-electron chi connectivity index (χ4n) is 1.18. The van der Waals surface area contributed by atoms with Gasteiger partial charge in [-0.2, -0.15) is 0 Å². The highest BCUT2D eigenvalue weighted by atomic mass is 16.4. The Morgan fingerprint density at radius 3 is 2.09 bits per heavy atom. The molecule has 0 radical (unpaired) electrons. The van der Waals surface area contributed by atoms with Crippen LogP contribution in [0.15, 0.2) is 0 Å². The smallest absolute Gasteiger partial charge is 0.426 e. The van der Waals surface area contributed by atoms with Crippen LogP contribution in [-0.4, -0.2) is 29.7 Å². The van der Waals surface area contributed by atoms with E-state index in [0.717, 1.165) is 13.0 Å². The van der Waals surface area contributed by atoms with Gasteiger partial charge in [0.2, 0.25) is 0 Å². The minimum atomic E-state index is -1.19. The lowest BCUT2D eigenvalue weighted by atomic mass is 9.78. The van der Waals surface area contributed by atoms with Crippen molar-refractivity contribution in [1.82, 2.24) is 5.32 Å². The first-order chi connectivity index (χ1) is 5.20. The van der Waals surface area contributed by atoms with E-state index in [1.54, 1.807) is 0 Å². The average Bonchev–Trinajstić information content (AvgIpc) is 2.40. The Morgan fingerprint density at radius 1 is 1.36 bits per heavy atom. The van der Waals surface area contributed by atoms with E-state index in [-0.39, 0.29) is 5.94 Å².